The van der Waals surface area contributed by atoms with E-state index in [1.54, 1.807) is 0 Å². The summed E-state index contributed by atoms with van der Waals surface area (Å²) in [5, 5.41) is 14.4. The molecule has 2 unspecified atom stereocenters. The summed E-state index contributed by atoms with van der Waals surface area (Å²) >= 11 is 0. The third-order valence-electron chi connectivity index (χ3n) is 4.71. The van der Waals surface area contributed by atoms with Gasteiger partial charge in [0.15, 0.2) is 0 Å². The minimum Gasteiger partial charge on any atom is -0.378 e. The first-order valence-corrected chi connectivity index (χ1v) is 7.29. The van der Waals surface area contributed by atoms with Crippen molar-refractivity contribution in [2.24, 2.45) is 0 Å². The lowest BCUT2D eigenvalue weighted by Crippen LogP contribution is -2.52. The van der Waals surface area contributed by atoms with Crippen molar-refractivity contribution in [3.63, 3.8) is 0 Å². The number of nitrogen functional groups attached to an aromatic ring is 1. The molecule has 0 spiro atoms. The molecule has 3 rings (SSSR count). The molecular formula is C13H20N6O2. The zero-order valence-corrected chi connectivity index (χ0v) is 12.0. The molecule has 2 bridgehead atoms. The molecule has 1 aromatic rings. The van der Waals surface area contributed by atoms with Crippen LogP contribution < -0.4 is 11.1 Å². The van der Waals surface area contributed by atoms with Crippen LogP contribution in [0.4, 0.5) is 17.3 Å². The van der Waals surface area contributed by atoms with Gasteiger partial charge in [0.25, 0.3) is 0 Å². The number of fused-ring (bicyclic) bond motifs is 2. The van der Waals surface area contributed by atoms with Crippen LogP contribution in [0.2, 0.25) is 0 Å². The first-order chi connectivity index (χ1) is 10.1. The van der Waals surface area contributed by atoms with Gasteiger partial charge >= 0.3 is 5.69 Å². The van der Waals surface area contributed by atoms with Crippen molar-refractivity contribution in [3.8, 4) is 0 Å². The molecular weight excluding hydrogens is 272 g/mol. The fraction of sp³-hybridized carbons (Fsp3) is 0.692. The van der Waals surface area contributed by atoms with E-state index in [9.17, 15) is 10.1 Å². The normalized spacial score (nSPS) is 29.1. The van der Waals surface area contributed by atoms with E-state index < -0.39 is 4.92 Å². The SMILES string of the molecule is CN1C2CCCC1CC(Nc1ncnc(N)c1[N+](=O)[O-])C2. The second-order valence-electron chi connectivity index (χ2n) is 5.93. The van der Waals surface area contributed by atoms with Gasteiger partial charge in [0.05, 0.1) is 4.92 Å². The van der Waals surface area contributed by atoms with Gasteiger partial charge in [0.1, 0.15) is 6.33 Å². The van der Waals surface area contributed by atoms with Crippen LogP contribution in [0.15, 0.2) is 6.33 Å². The molecule has 1 aromatic heterocycles. The number of nitrogens with zero attached hydrogens (tertiary/aromatic N) is 4. The molecule has 2 fully saturated rings. The van der Waals surface area contributed by atoms with Crippen molar-refractivity contribution >= 4 is 17.3 Å². The van der Waals surface area contributed by atoms with Crippen LogP contribution in [-0.2, 0) is 0 Å². The minimum atomic E-state index is -0.520. The van der Waals surface area contributed by atoms with Crippen LogP contribution in [0, 0.1) is 10.1 Å². The number of anilines is 2. The van der Waals surface area contributed by atoms with Gasteiger partial charge in [0, 0.05) is 18.1 Å². The van der Waals surface area contributed by atoms with E-state index in [1.807, 2.05) is 0 Å². The van der Waals surface area contributed by atoms with Crippen molar-refractivity contribution in [2.45, 2.75) is 50.2 Å². The fourth-order valence-corrected chi connectivity index (χ4v) is 3.61. The Labute approximate surface area is 122 Å². The van der Waals surface area contributed by atoms with Crippen molar-refractivity contribution < 1.29 is 4.92 Å². The number of nitro groups is 1. The molecule has 0 aliphatic carbocycles. The van der Waals surface area contributed by atoms with E-state index in [0.29, 0.717) is 12.1 Å². The fourth-order valence-electron chi connectivity index (χ4n) is 3.61. The Morgan fingerprint density at radius 3 is 2.67 bits per heavy atom. The predicted octanol–water partition coefficient (Wildman–Crippen LogP) is 1.39. The number of hydrogen-bond acceptors (Lipinski definition) is 7. The van der Waals surface area contributed by atoms with E-state index >= 15 is 0 Å². The Morgan fingerprint density at radius 2 is 2.05 bits per heavy atom. The standard InChI is InChI=1S/C13H20N6O2/c1-18-9-3-2-4-10(18)6-8(5-9)17-13-11(19(20)21)12(14)15-7-16-13/h7-10H,2-6H2,1H3,(H3,14,15,16,17). The molecule has 8 heteroatoms. The summed E-state index contributed by atoms with van der Waals surface area (Å²) in [5.74, 6) is 0.144. The summed E-state index contributed by atoms with van der Waals surface area (Å²) in [6.45, 7) is 0. The third kappa shape index (κ3) is 2.63. The quantitative estimate of drug-likeness (QED) is 0.639. The lowest BCUT2D eigenvalue weighted by atomic mass is 9.82. The molecule has 3 heterocycles. The number of hydrogen-bond donors (Lipinski definition) is 2. The smallest absolute Gasteiger partial charge is 0.352 e. The molecule has 0 amide bonds. The highest BCUT2D eigenvalue weighted by molar-refractivity contribution is 5.67. The van der Waals surface area contributed by atoms with Crippen LogP contribution >= 0.6 is 0 Å². The van der Waals surface area contributed by atoms with E-state index in [2.05, 4.69) is 27.2 Å². The summed E-state index contributed by atoms with van der Waals surface area (Å²) in [6.07, 6.45) is 6.88. The number of piperidine rings is 2. The molecule has 2 aliphatic rings. The minimum absolute atomic E-state index is 0.0920. The van der Waals surface area contributed by atoms with Crippen LogP contribution in [-0.4, -0.2) is 45.0 Å². The lowest BCUT2D eigenvalue weighted by Gasteiger charge is -2.47. The average Bonchev–Trinajstić information content (AvgIpc) is 2.39. The first kappa shape index (κ1) is 14.0. The van der Waals surface area contributed by atoms with Crippen LogP contribution in [0.5, 0.6) is 0 Å². The highest BCUT2D eigenvalue weighted by Gasteiger charge is 2.37. The van der Waals surface area contributed by atoms with E-state index in [4.69, 9.17) is 5.73 Å². The van der Waals surface area contributed by atoms with Crippen LogP contribution in [0.1, 0.15) is 32.1 Å². The number of aromatic nitrogens is 2. The Hall–Kier alpha value is -1.96. The molecule has 0 saturated carbocycles. The van der Waals surface area contributed by atoms with E-state index in [-0.39, 0.29) is 23.4 Å². The molecule has 114 valence electrons. The van der Waals surface area contributed by atoms with Crippen molar-refractivity contribution in [1.29, 1.82) is 0 Å². The van der Waals surface area contributed by atoms with Gasteiger partial charge in [-0.05, 0) is 32.7 Å². The second kappa shape index (κ2) is 5.44. The predicted molar refractivity (Wildman–Crippen MR) is 78.9 cm³/mol. The Kier molecular flexibility index (Phi) is 3.62. The monoisotopic (exact) mass is 292 g/mol. The van der Waals surface area contributed by atoms with Crippen molar-refractivity contribution in [1.82, 2.24) is 14.9 Å². The number of nitrogens with one attached hydrogen (secondary N) is 1. The van der Waals surface area contributed by atoms with Gasteiger partial charge in [-0.25, -0.2) is 9.97 Å². The molecule has 0 radical (unpaired) electrons. The number of nitrogens with two attached hydrogens (primary N) is 1. The molecule has 21 heavy (non-hydrogen) atoms. The van der Waals surface area contributed by atoms with Gasteiger partial charge in [-0.2, -0.15) is 0 Å². The molecule has 2 aliphatic heterocycles. The maximum absolute atomic E-state index is 11.1. The summed E-state index contributed by atoms with van der Waals surface area (Å²) in [6, 6.07) is 1.30. The molecule has 2 saturated heterocycles. The van der Waals surface area contributed by atoms with Crippen molar-refractivity contribution in [3.05, 3.63) is 16.4 Å². The Balaban J connectivity index is 1.79. The van der Waals surface area contributed by atoms with E-state index in [1.165, 1.54) is 25.6 Å². The summed E-state index contributed by atoms with van der Waals surface area (Å²) < 4.78 is 0. The zero-order valence-electron chi connectivity index (χ0n) is 12.0. The average molecular weight is 292 g/mol. The van der Waals surface area contributed by atoms with Crippen LogP contribution in [0.3, 0.4) is 0 Å². The summed E-state index contributed by atoms with van der Waals surface area (Å²) in [7, 11) is 2.18. The Bertz CT molecular complexity index is 537. The van der Waals surface area contributed by atoms with Crippen molar-refractivity contribution in [2.75, 3.05) is 18.1 Å². The van der Waals surface area contributed by atoms with Gasteiger partial charge in [0.2, 0.25) is 11.6 Å². The molecule has 8 nitrogen and oxygen atoms in total. The molecule has 0 aromatic carbocycles. The summed E-state index contributed by atoms with van der Waals surface area (Å²) in [4.78, 5) is 20.8. The highest BCUT2D eigenvalue weighted by atomic mass is 16.6. The zero-order chi connectivity index (χ0) is 15.0. The molecule has 2 atom stereocenters. The summed E-state index contributed by atoms with van der Waals surface area (Å²) in [5.41, 5.74) is 5.38. The lowest BCUT2D eigenvalue weighted by molar-refractivity contribution is -0.383. The van der Waals surface area contributed by atoms with Gasteiger partial charge < -0.3 is 16.0 Å². The largest absolute Gasteiger partial charge is 0.378 e. The molecule has 3 N–H and O–H groups in total. The first-order valence-electron chi connectivity index (χ1n) is 7.29. The topological polar surface area (TPSA) is 110 Å². The van der Waals surface area contributed by atoms with E-state index in [0.717, 1.165) is 12.8 Å². The highest BCUT2D eigenvalue weighted by Crippen LogP contribution is 2.35. The maximum Gasteiger partial charge on any atom is 0.352 e. The van der Waals surface area contributed by atoms with Gasteiger partial charge in [-0.3, -0.25) is 10.1 Å². The third-order valence-corrected chi connectivity index (χ3v) is 4.71. The van der Waals surface area contributed by atoms with Gasteiger partial charge in [-0.1, -0.05) is 6.42 Å². The van der Waals surface area contributed by atoms with Crippen LogP contribution in [0.25, 0.3) is 0 Å². The number of rotatable bonds is 3. The Morgan fingerprint density at radius 1 is 1.38 bits per heavy atom. The maximum atomic E-state index is 11.1. The second-order valence-corrected chi connectivity index (χ2v) is 5.93. The van der Waals surface area contributed by atoms with Gasteiger partial charge in [-0.15, -0.1) is 0 Å².